The molecule has 0 aliphatic carbocycles. The maximum atomic E-state index is 9.74. The van der Waals surface area contributed by atoms with Gasteiger partial charge in [-0.1, -0.05) is 0 Å². The minimum atomic E-state index is -1.02. The maximum absolute atomic E-state index is 9.74. The first kappa shape index (κ1) is 12.0. The van der Waals surface area contributed by atoms with E-state index >= 15 is 0 Å². The van der Waals surface area contributed by atoms with E-state index in [1.807, 2.05) is 6.92 Å². The van der Waals surface area contributed by atoms with Crippen LogP contribution in [-0.2, 0) is 0 Å². The van der Waals surface area contributed by atoms with Gasteiger partial charge in [0.25, 0.3) is 0 Å². The molecule has 0 aromatic carbocycles. The number of hydrogen-bond donors (Lipinski definition) is 3. The fourth-order valence-corrected chi connectivity index (χ4v) is 1.23. The highest BCUT2D eigenvalue weighted by Crippen LogP contribution is 2.14. The van der Waals surface area contributed by atoms with Crippen molar-refractivity contribution in [1.82, 2.24) is 15.3 Å². The molecule has 5 heteroatoms. The average Bonchev–Trinajstić information content (AvgIpc) is 2.24. The lowest BCUT2D eigenvalue weighted by Gasteiger charge is -2.16. The summed E-state index contributed by atoms with van der Waals surface area (Å²) in [6, 6.07) is 1.75. The molecule has 0 saturated carbocycles. The normalized spacial score (nSPS) is 14.9. The van der Waals surface area contributed by atoms with Gasteiger partial charge in [-0.3, -0.25) is 0 Å². The van der Waals surface area contributed by atoms with Crippen molar-refractivity contribution in [3.05, 3.63) is 23.8 Å². The van der Waals surface area contributed by atoms with E-state index < -0.39 is 12.2 Å². The molecule has 2 atom stereocenters. The van der Waals surface area contributed by atoms with Crippen molar-refractivity contribution in [3.63, 3.8) is 0 Å². The van der Waals surface area contributed by atoms with E-state index in [1.165, 1.54) is 0 Å². The van der Waals surface area contributed by atoms with E-state index in [0.717, 1.165) is 5.69 Å². The van der Waals surface area contributed by atoms with Crippen LogP contribution in [0.3, 0.4) is 0 Å². The predicted molar refractivity (Wildman–Crippen MR) is 56.3 cm³/mol. The van der Waals surface area contributed by atoms with Crippen molar-refractivity contribution in [2.45, 2.75) is 25.6 Å². The summed E-state index contributed by atoms with van der Waals surface area (Å²) in [5.41, 5.74) is 0.778. The van der Waals surface area contributed by atoms with Crippen molar-refractivity contribution in [3.8, 4) is 0 Å². The number of aromatic nitrogens is 2. The first-order chi connectivity index (χ1) is 7.15. The molecule has 0 aliphatic heterocycles. The standard InChI is InChI=1S/C10H17N3O2/c1-7-3-6-12-10(13-7)9(15)8(14)4-5-11-2/h3,6,8-9,11,14-15H,4-5H2,1-2H3. The molecule has 3 N–H and O–H groups in total. The van der Waals surface area contributed by atoms with Crippen LogP contribution in [0.4, 0.5) is 0 Å². The third-order valence-corrected chi connectivity index (χ3v) is 2.13. The minimum Gasteiger partial charge on any atom is -0.390 e. The third kappa shape index (κ3) is 3.54. The van der Waals surface area contributed by atoms with E-state index in [2.05, 4.69) is 15.3 Å². The number of aliphatic hydroxyl groups is 2. The summed E-state index contributed by atoms with van der Waals surface area (Å²) in [5, 5.41) is 22.3. The summed E-state index contributed by atoms with van der Waals surface area (Å²) in [4.78, 5) is 7.99. The second kappa shape index (κ2) is 5.75. The Bertz CT molecular complexity index is 306. The SMILES string of the molecule is CNCCC(O)C(O)c1nccc(C)n1. The van der Waals surface area contributed by atoms with Gasteiger partial charge in [0.15, 0.2) is 5.82 Å². The minimum absolute atomic E-state index is 0.276. The Labute approximate surface area is 89.2 Å². The molecule has 0 spiro atoms. The average molecular weight is 211 g/mol. The van der Waals surface area contributed by atoms with Gasteiger partial charge in [-0.25, -0.2) is 9.97 Å². The number of nitrogens with one attached hydrogen (secondary N) is 1. The Morgan fingerprint density at radius 1 is 1.47 bits per heavy atom. The largest absolute Gasteiger partial charge is 0.390 e. The van der Waals surface area contributed by atoms with Crippen LogP contribution < -0.4 is 5.32 Å². The van der Waals surface area contributed by atoms with Gasteiger partial charge in [-0.15, -0.1) is 0 Å². The van der Waals surface area contributed by atoms with Crippen LogP contribution in [0.15, 0.2) is 12.3 Å². The molecule has 0 saturated heterocycles. The monoisotopic (exact) mass is 211 g/mol. The highest BCUT2D eigenvalue weighted by Gasteiger charge is 2.20. The van der Waals surface area contributed by atoms with Gasteiger partial charge < -0.3 is 15.5 Å². The molecular weight excluding hydrogens is 194 g/mol. The molecule has 1 rings (SSSR count). The van der Waals surface area contributed by atoms with Gasteiger partial charge in [-0.05, 0) is 33.0 Å². The van der Waals surface area contributed by atoms with Crippen LogP contribution >= 0.6 is 0 Å². The molecule has 0 aliphatic rings. The van der Waals surface area contributed by atoms with Crippen molar-refractivity contribution in [2.24, 2.45) is 0 Å². The Morgan fingerprint density at radius 3 is 2.80 bits per heavy atom. The summed E-state index contributed by atoms with van der Waals surface area (Å²) in [6.07, 6.45) is 0.193. The molecule has 0 bridgehead atoms. The fraction of sp³-hybridized carbons (Fsp3) is 0.600. The molecular formula is C10H17N3O2. The zero-order valence-electron chi connectivity index (χ0n) is 9.01. The van der Waals surface area contributed by atoms with Crippen LogP contribution in [0, 0.1) is 6.92 Å². The van der Waals surface area contributed by atoms with Crippen LogP contribution in [0.25, 0.3) is 0 Å². The highest BCUT2D eigenvalue weighted by atomic mass is 16.3. The number of nitrogens with zero attached hydrogens (tertiary/aromatic N) is 2. The lowest BCUT2D eigenvalue weighted by Crippen LogP contribution is -2.24. The zero-order valence-corrected chi connectivity index (χ0v) is 9.01. The van der Waals surface area contributed by atoms with Gasteiger partial charge in [-0.2, -0.15) is 0 Å². The molecule has 2 unspecified atom stereocenters. The van der Waals surface area contributed by atoms with Crippen molar-refractivity contribution >= 4 is 0 Å². The Balaban J connectivity index is 2.62. The van der Waals surface area contributed by atoms with Gasteiger partial charge in [0.2, 0.25) is 0 Å². The Hall–Kier alpha value is -1.04. The summed E-state index contributed by atoms with van der Waals surface area (Å²) in [7, 11) is 1.79. The quantitative estimate of drug-likeness (QED) is 0.628. The lowest BCUT2D eigenvalue weighted by molar-refractivity contribution is 0.00869. The zero-order chi connectivity index (χ0) is 11.3. The highest BCUT2D eigenvalue weighted by molar-refractivity contribution is 5.02. The van der Waals surface area contributed by atoms with E-state index in [4.69, 9.17) is 0 Å². The van der Waals surface area contributed by atoms with E-state index in [1.54, 1.807) is 19.3 Å². The molecule has 0 fully saturated rings. The molecule has 0 radical (unpaired) electrons. The van der Waals surface area contributed by atoms with E-state index in [9.17, 15) is 10.2 Å². The molecule has 5 nitrogen and oxygen atoms in total. The molecule has 84 valence electrons. The Kier molecular flexibility index (Phi) is 4.61. The first-order valence-electron chi connectivity index (χ1n) is 4.95. The first-order valence-corrected chi connectivity index (χ1v) is 4.95. The van der Waals surface area contributed by atoms with Crippen LogP contribution in [0.2, 0.25) is 0 Å². The number of rotatable bonds is 5. The van der Waals surface area contributed by atoms with Crippen LogP contribution in [0.1, 0.15) is 24.0 Å². The smallest absolute Gasteiger partial charge is 0.159 e. The second-order valence-corrected chi connectivity index (χ2v) is 3.46. The summed E-state index contributed by atoms with van der Waals surface area (Å²) < 4.78 is 0. The van der Waals surface area contributed by atoms with E-state index in [-0.39, 0.29) is 5.82 Å². The molecule has 1 aromatic heterocycles. The van der Waals surface area contributed by atoms with Gasteiger partial charge in [0.1, 0.15) is 6.10 Å². The van der Waals surface area contributed by atoms with Crippen LogP contribution in [0.5, 0.6) is 0 Å². The van der Waals surface area contributed by atoms with Crippen LogP contribution in [-0.4, -0.2) is 39.9 Å². The van der Waals surface area contributed by atoms with E-state index in [0.29, 0.717) is 13.0 Å². The van der Waals surface area contributed by atoms with Gasteiger partial charge in [0.05, 0.1) is 6.10 Å². The van der Waals surface area contributed by atoms with Gasteiger partial charge in [0, 0.05) is 11.9 Å². The number of hydrogen-bond acceptors (Lipinski definition) is 5. The number of aryl methyl sites for hydroxylation is 1. The predicted octanol–water partition coefficient (Wildman–Crippen LogP) is -0.211. The second-order valence-electron chi connectivity index (χ2n) is 3.46. The molecule has 1 heterocycles. The molecule has 15 heavy (non-hydrogen) atoms. The molecule has 1 aromatic rings. The fourth-order valence-electron chi connectivity index (χ4n) is 1.23. The number of aliphatic hydroxyl groups excluding tert-OH is 2. The maximum Gasteiger partial charge on any atom is 0.159 e. The van der Waals surface area contributed by atoms with Crippen molar-refractivity contribution in [2.75, 3.05) is 13.6 Å². The summed E-state index contributed by atoms with van der Waals surface area (Å²) >= 11 is 0. The van der Waals surface area contributed by atoms with Crippen molar-refractivity contribution in [1.29, 1.82) is 0 Å². The Morgan fingerprint density at radius 2 is 2.20 bits per heavy atom. The molecule has 0 amide bonds. The third-order valence-electron chi connectivity index (χ3n) is 2.13. The summed E-state index contributed by atoms with van der Waals surface area (Å²) in [5.74, 6) is 0.276. The lowest BCUT2D eigenvalue weighted by atomic mass is 10.1. The van der Waals surface area contributed by atoms with Gasteiger partial charge >= 0.3 is 0 Å². The topological polar surface area (TPSA) is 78.3 Å². The summed E-state index contributed by atoms with van der Waals surface area (Å²) in [6.45, 7) is 2.46. The van der Waals surface area contributed by atoms with Crippen molar-refractivity contribution < 1.29 is 10.2 Å².